The second-order valence-electron chi connectivity index (χ2n) is 5.33. The molecule has 0 aliphatic heterocycles. The van der Waals surface area contributed by atoms with Gasteiger partial charge in [-0.2, -0.15) is 5.10 Å². The molecule has 2 aromatic carbocycles. The summed E-state index contributed by atoms with van der Waals surface area (Å²) in [6.45, 7) is 1.97. The van der Waals surface area contributed by atoms with Crippen LogP contribution in [0.2, 0.25) is 0 Å². The molecule has 1 heterocycles. The minimum atomic E-state index is 0.575. The summed E-state index contributed by atoms with van der Waals surface area (Å²) < 4.78 is 18.2. The molecule has 5 heteroatoms. The van der Waals surface area contributed by atoms with Crippen LogP contribution in [-0.2, 0) is 0 Å². The smallest absolute Gasteiger partial charge is 0.203 e. The zero-order valence-electron chi connectivity index (χ0n) is 14.2. The lowest BCUT2D eigenvalue weighted by Gasteiger charge is -2.15. The first-order chi connectivity index (χ1) is 11.7. The molecule has 0 N–H and O–H groups in total. The predicted molar refractivity (Wildman–Crippen MR) is 93.4 cm³/mol. The van der Waals surface area contributed by atoms with Crippen molar-refractivity contribution in [1.29, 1.82) is 0 Å². The molecule has 0 aliphatic carbocycles. The van der Waals surface area contributed by atoms with Gasteiger partial charge in [-0.25, -0.2) is 4.68 Å². The van der Waals surface area contributed by atoms with Crippen LogP contribution in [0.15, 0.2) is 48.5 Å². The van der Waals surface area contributed by atoms with E-state index in [0.717, 1.165) is 22.6 Å². The van der Waals surface area contributed by atoms with E-state index < -0.39 is 0 Å². The highest BCUT2D eigenvalue weighted by Gasteiger charge is 2.17. The summed E-state index contributed by atoms with van der Waals surface area (Å²) in [6.07, 6.45) is 0. The molecule has 0 saturated heterocycles. The van der Waals surface area contributed by atoms with Crippen molar-refractivity contribution in [2.24, 2.45) is 0 Å². The average molecular weight is 324 g/mol. The van der Waals surface area contributed by atoms with Gasteiger partial charge < -0.3 is 14.2 Å². The largest absolute Gasteiger partial charge is 0.493 e. The van der Waals surface area contributed by atoms with Crippen molar-refractivity contribution in [2.75, 3.05) is 21.3 Å². The molecule has 0 atom stereocenters. The minimum Gasteiger partial charge on any atom is -0.493 e. The molecule has 0 bridgehead atoms. The van der Waals surface area contributed by atoms with Gasteiger partial charge in [0.1, 0.15) is 0 Å². The van der Waals surface area contributed by atoms with Crippen molar-refractivity contribution in [3.05, 3.63) is 54.2 Å². The van der Waals surface area contributed by atoms with Crippen molar-refractivity contribution in [1.82, 2.24) is 9.78 Å². The van der Waals surface area contributed by atoms with Crippen LogP contribution < -0.4 is 14.2 Å². The monoisotopic (exact) mass is 324 g/mol. The lowest BCUT2D eigenvalue weighted by molar-refractivity contribution is 0.324. The van der Waals surface area contributed by atoms with Gasteiger partial charge in [0, 0.05) is 5.56 Å². The molecule has 3 rings (SSSR count). The van der Waals surface area contributed by atoms with Gasteiger partial charge in [0.15, 0.2) is 11.5 Å². The van der Waals surface area contributed by atoms with Crippen molar-refractivity contribution in [3.63, 3.8) is 0 Å². The zero-order chi connectivity index (χ0) is 17.1. The van der Waals surface area contributed by atoms with Gasteiger partial charge in [0.05, 0.1) is 38.4 Å². The quantitative estimate of drug-likeness (QED) is 0.714. The molecular weight excluding hydrogens is 304 g/mol. The first-order valence-electron chi connectivity index (χ1n) is 7.60. The Bertz CT molecular complexity index is 816. The van der Waals surface area contributed by atoms with Crippen LogP contribution in [0, 0.1) is 6.92 Å². The first-order valence-corrected chi connectivity index (χ1v) is 7.60. The number of ether oxygens (including phenoxy) is 3. The third kappa shape index (κ3) is 2.80. The molecule has 124 valence electrons. The predicted octanol–water partition coefficient (Wildman–Crippen LogP) is 3.87. The highest BCUT2D eigenvalue weighted by molar-refractivity contribution is 5.70. The number of aromatic nitrogens is 2. The number of nitrogens with zero attached hydrogens (tertiary/aromatic N) is 2. The molecule has 3 aromatic rings. The summed E-state index contributed by atoms with van der Waals surface area (Å²) in [6, 6.07) is 15.9. The van der Waals surface area contributed by atoms with Gasteiger partial charge in [0.25, 0.3) is 0 Å². The maximum absolute atomic E-state index is 5.46. The van der Waals surface area contributed by atoms with E-state index in [1.54, 1.807) is 21.3 Å². The summed E-state index contributed by atoms with van der Waals surface area (Å²) in [5, 5.41) is 4.61. The van der Waals surface area contributed by atoms with Crippen LogP contribution in [0.4, 0.5) is 0 Å². The fourth-order valence-electron chi connectivity index (χ4n) is 2.70. The SMILES string of the molecule is COc1cc(-c2cc(C)nn2-c2ccccc2)cc(OC)c1OC. The number of rotatable bonds is 5. The van der Waals surface area contributed by atoms with Gasteiger partial charge in [-0.1, -0.05) is 18.2 Å². The van der Waals surface area contributed by atoms with Crippen molar-refractivity contribution in [3.8, 4) is 34.2 Å². The van der Waals surface area contributed by atoms with E-state index in [1.807, 2.05) is 60.1 Å². The molecule has 1 aromatic heterocycles. The maximum atomic E-state index is 5.46. The number of methoxy groups -OCH3 is 3. The van der Waals surface area contributed by atoms with E-state index in [4.69, 9.17) is 14.2 Å². The average Bonchev–Trinajstić information content (AvgIpc) is 3.03. The molecule has 5 nitrogen and oxygen atoms in total. The Kier molecular flexibility index (Phi) is 4.42. The molecule has 0 fully saturated rings. The van der Waals surface area contributed by atoms with Crippen LogP contribution >= 0.6 is 0 Å². The number of hydrogen-bond acceptors (Lipinski definition) is 4. The van der Waals surface area contributed by atoms with E-state index in [0.29, 0.717) is 17.2 Å². The number of hydrogen-bond donors (Lipinski definition) is 0. The Morgan fingerprint density at radius 3 is 2.00 bits per heavy atom. The topological polar surface area (TPSA) is 45.5 Å². The fraction of sp³-hybridized carbons (Fsp3) is 0.211. The highest BCUT2D eigenvalue weighted by atomic mass is 16.5. The normalized spacial score (nSPS) is 10.5. The van der Waals surface area contributed by atoms with Gasteiger partial charge in [-0.3, -0.25) is 0 Å². The highest BCUT2D eigenvalue weighted by Crippen LogP contribution is 2.41. The van der Waals surface area contributed by atoms with Crippen molar-refractivity contribution in [2.45, 2.75) is 6.92 Å². The summed E-state index contributed by atoms with van der Waals surface area (Å²) >= 11 is 0. The molecule has 0 amide bonds. The van der Waals surface area contributed by atoms with Gasteiger partial charge in [-0.05, 0) is 37.3 Å². The Morgan fingerprint density at radius 2 is 1.46 bits per heavy atom. The molecule has 0 unspecified atom stereocenters. The minimum absolute atomic E-state index is 0.575. The molecule has 0 spiro atoms. The first kappa shape index (κ1) is 15.9. The summed E-state index contributed by atoms with van der Waals surface area (Å²) in [7, 11) is 4.82. The molecule has 0 aliphatic rings. The number of benzene rings is 2. The summed E-state index contributed by atoms with van der Waals surface area (Å²) in [5.41, 5.74) is 3.82. The fourth-order valence-corrected chi connectivity index (χ4v) is 2.70. The van der Waals surface area contributed by atoms with Crippen molar-refractivity contribution < 1.29 is 14.2 Å². The Labute approximate surface area is 141 Å². The van der Waals surface area contributed by atoms with E-state index in [-0.39, 0.29) is 0 Å². The van der Waals surface area contributed by atoms with Gasteiger partial charge >= 0.3 is 0 Å². The lowest BCUT2D eigenvalue weighted by Crippen LogP contribution is -2.00. The van der Waals surface area contributed by atoms with E-state index in [9.17, 15) is 0 Å². The van der Waals surface area contributed by atoms with Crippen LogP contribution in [0.25, 0.3) is 16.9 Å². The summed E-state index contributed by atoms with van der Waals surface area (Å²) in [5.74, 6) is 1.81. The molecule has 0 radical (unpaired) electrons. The van der Waals surface area contributed by atoms with Crippen LogP contribution in [0.3, 0.4) is 0 Å². The second kappa shape index (κ2) is 6.66. The third-order valence-corrected chi connectivity index (χ3v) is 3.79. The second-order valence-corrected chi connectivity index (χ2v) is 5.33. The standard InChI is InChI=1S/C19H20N2O3/c1-13-10-16(21(20-13)15-8-6-5-7-9-15)14-11-17(22-2)19(24-4)18(12-14)23-3/h5-12H,1-4H3. The third-order valence-electron chi connectivity index (χ3n) is 3.79. The summed E-state index contributed by atoms with van der Waals surface area (Å²) in [4.78, 5) is 0. The Morgan fingerprint density at radius 1 is 0.833 bits per heavy atom. The molecule has 0 saturated carbocycles. The molecular formula is C19H20N2O3. The van der Waals surface area contributed by atoms with Crippen LogP contribution in [0.5, 0.6) is 17.2 Å². The number of para-hydroxylation sites is 1. The van der Waals surface area contributed by atoms with Gasteiger partial charge in [-0.15, -0.1) is 0 Å². The van der Waals surface area contributed by atoms with Crippen LogP contribution in [-0.4, -0.2) is 31.1 Å². The Balaban J connectivity index is 2.20. The van der Waals surface area contributed by atoms with Gasteiger partial charge in [0.2, 0.25) is 5.75 Å². The van der Waals surface area contributed by atoms with Crippen LogP contribution in [0.1, 0.15) is 5.69 Å². The van der Waals surface area contributed by atoms with E-state index in [1.165, 1.54) is 0 Å². The van der Waals surface area contributed by atoms with Crippen molar-refractivity contribution >= 4 is 0 Å². The van der Waals surface area contributed by atoms with E-state index >= 15 is 0 Å². The number of aryl methyl sites for hydroxylation is 1. The zero-order valence-corrected chi connectivity index (χ0v) is 14.2. The lowest BCUT2D eigenvalue weighted by atomic mass is 10.1. The maximum Gasteiger partial charge on any atom is 0.203 e. The molecule has 24 heavy (non-hydrogen) atoms. The Hall–Kier alpha value is -2.95. The van der Waals surface area contributed by atoms with E-state index in [2.05, 4.69) is 5.10 Å².